The molecule has 9 heteroatoms. The van der Waals surface area contributed by atoms with Crippen LogP contribution in [0.25, 0.3) is 10.8 Å². The van der Waals surface area contributed by atoms with Gasteiger partial charge in [-0.05, 0) is 47.0 Å². The van der Waals surface area contributed by atoms with Crippen LogP contribution in [0.15, 0.2) is 101 Å². The summed E-state index contributed by atoms with van der Waals surface area (Å²) >= 11 is 1.36. The molecule has 4 aromatic rings. The average molecular weight is 574 g/mol. The molecule has 0 bridgehead atoms. The van der Waals surface area contributed by atoms with E-state index in [1.54, 1.807) is 35.2 Å². The molecule has 0 radical (unpaired) electrons. The number of anilines is 2. The molecule has 1 aliphatic heterocycles. The molecule has 0 aromatic heterocycles. The first-order valence-electron chi connectivity index (χ1n) is 13.2. The van der Waals surface area contributed by atoms with Crippen LogP contribution in [-0.4, -0.2) is 32.0 Å². The highest BCUT2D eigenvalue weighted by Crippen LogP contribution is 2.41. The zero-order chi connectivity index (χ0) is 28.3. The molecule has 1 aliphatic rings. The van der Waals surface area contributed by atoms with Gasteiger partial charge in [0.05, 0.1) is 27.7 Å². The number of amides is 2. The number of benzene rings is 4. The Morgan fingerprint density at radius 2 is 1.68 bits per heavy atom. The molecular weight excluding hydrogens is 542 g/mol. The zero-order valence-corrected chi connectivity index (χ0v) is 24.0. The fraction of sp³-hybridized carbons (Fsp3) is 0.226. The summed E-state index contributed by atoms with van der Waals surface area (Å²) < 4.78 is 29.2. The second kappa shape index (κ2) is 11.7. The summed E-state index contributed by atoms with van der Waals surface area (Å²) in [5, 5.41) is 5.03. The lowest BCUT2D eigenvalue weighted by atomic mass is 10.0. The van der Waals surface area contributed by atoms with Crippen molar-refractivity contribution >= 4 is 55.7 Å². The Balaban J connectivity index is 1.57. The van der Waals surface area contributed by atoms with Crippen molar-refractivity contribution in [3.63, 3.8) is 0 Å². The molecule has 0 spiro atoms. The number of thioether (sulfide) groups is 1. The second-order valence-corrected chi connectivity index (χ2v) is 12.5. The van der Waals surface area contributed by atoms with E-state index in [4.69, 9.17) is 0 Å². The Bertz CT molecular complexity index is 1650. The first kappa shape index (κ1) is 27.7. The van der Waals surface area contributed by atoms with Crippen LogP contribution in [0, 0.1) is 5.92 Å². The summed E-state index contributed by atoms with van der Waals surface area (Å²) in [6.45, 7) is 4.03. The van der Waals surface area contributed by atoms with E-state index < -0.39 is 16.1 Å². The van der Waals surface area contributed by atoms with Crippen LogP contribution in [0.4, 0.5) is 11.4 Å². The number of carbonyl (C=O) groups excluding carboxylic acids is 2. The van der Waals surface area contributed by atoms with E-state index in [0.717, 1.165) is 16.3 Å². The first-order chi connectivity index (χ1) is 19.3. The minimum atomic E-state index is -3.86. The molecule has 0 unspecified atom stereocenters. The zero-order valence-electron chi connectivity index (χ0n) is 22.3. The van der Waals surface area contributed by atoms with Gasteiger partial charge < -0.3 is 10.2 Å². The van der Waals surface area contributed by atoms with Gasteiger partial charge in [-0.2, -0.15) is 0 Å². The van der Waals surface area contributed by atoms with Gasteiger partial charge in [0.1, 0.15) is 6.04 Å². The van der Waals surface area contributed by atoms with Gasteiger partial charge in [0.15, 0.2) is 0 Å². The van der Waals surface area contributed by atoms with Crippen molar-refractivity contribution < 1.29 is 18.0 Å². The standard InChI is InChI=1S/C31H31N3O4S2/c1-3-21(2)30(35)32-27-20-39-29-26(33-40(37,38)24-14-5-4-6-15-24)17-10-18-28(29)34(31(27)36)19-23-13-9-12-22-11-7-8-16-25(22)23/h4-18,21,27,33H,3,19-20H2,1-2H3,(H,32,35)/t21-,27+/m1/s1. The van der Waals surface area contributed by atoms with E-state index >= 15 is 0 Å². The maximum absolute atomic E-state index is 14.1. The van der Waals surface area contributed by atoms with Crippen molar-refractivity contribution in [2.24, 2.45) is 5.92 Å². The Morgan fingerprint density at radius 1 is 0.975 bits per heavy atom. The molecule has 2 atom stereocenters. The molecule has 5 rings (SSSR count). The van der Waals surface area contributed by atoms with Gasteiger partial charge in [-0.25, -0.2) is 8.42 Å². The third-order valence-corrected chi connectivity index (χ3v) is 9.73. The van der Waals surface area contributed by atoms with Crippen molar-refractivity contribution in [2.75, 3.05) is 15.4 Å². The number of sulfonamides is 1. The van der Waals surface area contributed by atoms with Crippen molar-refractivity contribution in [1.82, 2.24) is 5.32 Å². The number of hydrogen-bond acceptors (Lipinski definition) is 5. The normalized spacial score (nSPS) is 16.2. The number of nitrogens with zero attached hydrogens (tertiary/aromatic N) is 1. The molecule has 1 heterocycles. The minimum Gasteiger partial charge on any atom is -0.343 e. The highest BCUT2D eigenvalue weighted by atomic mass is 32.2. The quantitative estimate of drug-likeness (QED) is 0.277. The number of nitrogens with one attached hydrogen (secondary N) is 2. The predicted octanol–water partition coefficient (Wildman–Crippen LogP) is 5.81. The van der Waals surface area contributed by atoms with Crippen LogP contribution in [-0.2, 0) is 26.2 Å². The third-order valence-electron chi connectivity index (χ3n) is 7.13. The molecular formula is C31H31N3O4S2. The average Bonchev–Trinajstić information content (AvgIpc) is 3.10. The van der Waals surface area contributed by atoms with E-state index in [9.17, 15) is 18.0 Å². The maximum Gasteiger partial charge on any atom is 0.261 e. The van der Waals surface area contributed by atoms with Crippen molar-refractivity contribution in [3.8, 4) is 0 Å². The van der Waals surface area contributed by atoms with E-state index in [1.807, 2.05) is 62.4 Å². The van der Waals surface area contributed by atoms with Crippen molar-refractivity contribution in [1.29, 1.82) is 0 Å². The van der Waals surface area contributed by atoms with E-state index in [-0.39, 0.29) is 34.9 Å². The van der Waals surface area contributed by atoms with Gasteiger partial charge in [0.25, 0.3) is 15.9 Å². The Kier molecular flexibility index (Phi) is 8.14. The summed E-state index contributed by atoms with van der Waals surface area (Å²) in [4.78, 5) is 29.4. The Hall–Kier alpha value is -3.82. The molecule has 40 heavy (non-hydrogen) atoms. The fourth-order valence-electron chi connectivity index (χ4n) is 4.68. The summed E-state index contributed by atoms with van der Waals surface area (Å²) in [6, 6.07) is 26.6. The van der Waals surface area contributed by atoms with Crippen LogP contribution >= 0.6 is 11.8 Å². The first-order valence-corrected chi connectivity index (χ1v) is 15.7. The largest absolute Gasteiger partial charge is 0.343 e. The molecule has 0 saturated carbocycles. The summed E-state index contributed by atoms with van der Waals surface area (Å²) in [7, 11) is -3.86. The summed E-state index contributed by atoms with van der Waals surface area (Å²) in [5.74, 6) is -0.381. The smallest absolute Gasteiger partial charge is 0.261 e. The number of fused-ring (bicyclic) bond motifs is 2. The highest BCUT2D eigenvalue weighted by Gasteiger charge is 2.34. The lowest BCUT2D eigenvalue weighted by Gasteiger charge is -2.27. The van der Waals surface area contributed by atoms with Gasteiger partial charge in [0, 0.05) is 11.7 Å². The monoisotopic (exact) mass is 573 g/mol. The number of carbonyl (C=O) groups is 2. The second-order valence-electron chi connectivity index (χ2n) is 9.82. The topological polar surface area (TPSA) is 95.6 Å². The molecule has 206 valence electrons. The van der Waals surface area contributed by atoms with Gasteiger partial charge in [-0.3, -0.25) is 14.3 Å². The summed E-state index contributed by atoms with van der Waals surface area (Å²) in [5.41, 5.74) is 1.93. The predicted molar refractivity (Wildman–Crippen MR) is 161 cm³/mol. The van der Waals surface area contributed by atoms with Gasteiger partial charge in [0.2, 0.25) is 5.91 Å². The Labute approximate surface area is 239 Å². The van der Waals surface area contributed by atoms with E-state index in [0.29, 0.717) is 22.7 Å². The van der Waals surface area contributed by atoms with Crippen molar-refractivity contribution in [2.45, 2.75) is 42.6 Å². The van der Waals surface area contributed by atoms with E-state index in [2.05, 4.69) is 10.0 Å². The minimum absolute atomic E-state index is 0.147. The van der Waals surface area contributed by atoms with Crippen LogP contribution in [0.2, 0.25) is 0 Å². The Morgan fingerprint density at radius 3 is 2.45 bits per heavy atom. The number of rotatable bonds is 8. The van der Waals surface area contributed by atoms with E-state index in [1.165, 1.54) is 23.9 Å². The highest BCUT2D eigenvalue weighted by molar-refractivity contribution is 7.99. The summed E-state index contributed by atoms with van der Waals surface area (Å²) in [6.07, 6.45) is 0.658. The van der Waals surface area contributed by atoms with Crippen LogP contribution < -0.4 is 14.9 Å². The van der Waals surface area contributed by atoms with Gasteiger partial charge >= 0.3 is 0 Å². The van der Waals surface area contributed by atoms with Gasteiger partial charge in [-0.1, -0.05) is 80.6 Å². The molecule has 4 aromatic carbocycles. The molecule has 7 nitrogen and oxygen atoms in total. The van der Waals surface area contributed by atoms with Crippen LogP contribution in [0.3, 0.4) is 0 Å². The molecule has 0 saturated heterocycles. The fourth-order valence-corrected chi connectivity index (χ4v) is 7.00. The molecule has 2 amide bonds. The third kappa shape index (κ3) is 5.71. The maximum atomic E-state index is 14.1. The molecule has 0 aliphatic carbocycles. The molecule has 2 N–H and O–H groups in total. The van der Waals surface area contributed by atoms with Crippen LogP contribution in [0.5, 0.6) is 0 Å². The molecule has 0 fully saturated rings. The van der Waals surface area contributed by atoms with Crippen LogP contribution in [0.1, 0.15) is 25.8 Å². The lowest BCUT2D eigenvalue weighted by Crippen LogP contribution is -2.50. The SMILES string of the molecule is CC[C@@H](C)C(=O)N[C@H]1CSc2c(NS(=O)(=O)c3ccccc3)cccc2N(Cc2cccc3ccccc23)C1=O. The number of hydrogen-bond donors (Lipinski definition) is 2. The van der Waals surface area contributed by atoms with Gasteiger partial charge in [-0.15, -0.1) is 11.8 Å². The van der Waals surface area contributed by atoms with Crippen molar-refractivity contribution in [3.05, 3.63) is 96.6 Å². The lowest BCUT2D eigenvalue weighted by molar-refractivity contribution is -0.129.